The maximum atomic E-state index is 13.5. The fraction of sp³-hybridized carbons (Fsp3) is 0.143. The van der Waals surface area contributed by atoms with Gasteiger partial charge >= 0.3 is 0 Å². The van der Waals surface area contributed by atoms with Crippen molar-refractivity contribution in [1.82, 2.24) is 4.98 Å². The summed E-state index contributed by atoms with van der Waals surface area (Å²) in [6.45, 7) is 2.45. The molecule has 0 aliphatic carbocycles. The molecule has 0 bridgehead atoms. The maximum absolute atomic E-state index is 13.5. The van der Waals surface area contributed by atoms with Gasteiger partial charge in [0.1, 0.15) is 17.5 Å². The van der Waals surface area contributed by atoms with Crippen LogP contribution in [0, 0.1) is 11.6 Å². The van der Waals surface area contributed by atoms with Crippen LogP contribution in [0.25, 0.3) is 0 Å². The molecule has 6 heteroatoms. The Balaban J connectivity index is 2.26. The lowest BCUT2D eigenvalue weighted by Crippen LogP contribution is -2.16. The highest BCUT2D eigenvalue weighted by Crippen LogP contribution is 2.18. The molecule has 2 rings (SSSR count). The normalized spacial score (nSPS) is 10.2. The molecule has 0 aliphatic rings. The van der Waals surface area contributed by atoms with Crippen LogP contribution >= 0.6 is 0 Å². The third kappa shape index (κ3) is 3.09. The summed E-state index contributed by atoms with van der Waals surface area (Å²) >= 11 is 0. The molecular formula is C14H13F2N3O. The predicted octanol–water partition coefficient (Wildman–Crippen LogP) is 3.04. The van der Waals surface area contributed by atoms with E-state index in [0.717, 1.165) is 18.2 Å². The summed E-state index contributed by atoms with van der Waals surface area (Å²) in [6, 6.07) is 6.02. The van der Waals surface area contributed by atoms with Gasteiger partial charge in [-0.05, 0) is 31.2 Å². The zero-order valence-electron chi connectivity index (χ0n) is 10.8. The summed E-state index contributed by atoms with van der Waals surface area (Å²) in [5.41, 5.74) is 0.0549. The molecule has 0 unspecified atom stereocenters. The zero-order valence-corrected chi connectivity index (χ0v) is 10.8. The monoisotopic (exact) mass is 277 g/mol. The van der Waals surface area contributed by atoms with E-state index in [2.05, 4.69) is 15.6 Å². The molecule has 0 aliphatic heterocycles. The number of carbonyl (C=O) groups excluding carboxylic acids is 1. The van der Waals surface area contributed by atoms with Crippen LogP contribution in [0.4, 0.5) is 20.3 Å². The van der Waals surface area contributed by atoms with Crippen LogP contribution in [0.5, 0.6) is 0 Å². The van der Waals surface area contributed by atoms with E-state index in [1.165, 1.54) is 6.20 Å². The Morgan fingerprint density at radius 3 is 2.85 bits per heavy atom. The molecule has 1 amide bonds. The van der Waals surface area contributed by atoms with Crippen LogP contribution < -0.4 is 10.6 Å². The molecule has 0 atom stereocenters. The third-order valence-corrected chi connectivity index (χ3v) is 2.57. The Morgan fingerprint density at radius 2 is 2.10 bits per heavy atom. The SMILES string of the molecule is CCNc1ncccc1C(=O)Nc1cc(F)ccc1F. The van der Waals surface area contributed by atoms with E-state index in [9.17, 15) is 13.6 Å². The number of aromatic nitrogens is 1. The molecule has 0 fully saturated rings. The molecule has 0 saturated heterocycles. The van der Waals surface area contributed by atoms with Crippen molar-refractivity contribution in [1.29, 1.82) is 0 Å². The van der Waals surface area contributed by atoms with Crippen molar-refractivity contribution in [3.05, 3.63) is 53.7 Å². The van der Waals surface area contributed by atoms with Gasteiger partial charge in [-0.15, -0.1) is 0 Å². The number of hydrogen-bond acceptors (Lipinski definition) is 3. The molecule has 2 N–H and O–H groups in total. The highest BCUT2D eigenvalue weighted by molar-refractivity contribution is 6.07. The van der Waals surface area contributed by atoms with E-state index in [-0.39, 0.29) is 11.3 Å². The van der Waals surface area contributed by atoms with E-state index in [1.54, 1.807) is 12.1 Å². The van der Waals surface area contributed by atoms with E-state index in [1.807, 2.05) is 6.92 Å². The average molecular weight is 277 g/mol. The second kappa shape index (κ2) is 6.10. The molecule has 20 heavy (non-hydrogen) atoms. The number of rotatable bonds is 4. The zero-order chi connectivity index (χ0) is 14.5. The number of anilines is 2. The molecule has 1 aromatic carbocycles. The van der Waals surface area contributed by atoms with Crippen LogP contribution in [-0.4, -0.2) is 17.4 Å². The van der Waals surface area contributed by atoms with Crippen molar-refractivity contribution < 1.29 is 13.6 Å². The van der Waals surface area contributed by atoms with Crippen LogP contribution in [0.1, 0.15) is 17.3 Å². The van der Waals surface area contributed by atoms with Crippen molar-refractivity contribution in [2.45, 2.75) is 6.92 Å². The van der Waals surface area contributed by atoms with Gasteiger partial charge in [-0.3, -0.25) is 4.79 Å². The van der Waals surface area contributed by atoms with Crippen molar-refractivity contribution >= 4 is 17.4 Å². The van der Waals surface area contributed by atoms with Crippen LogP contribution in [0.2, 0.25) is 0 Å². The number of hydrogen-bond donors (Lipinski definition) is 2. The first-order chi connectivity index (χ1) is 9.61. The molecule has 0 radical (unpaired) electrons. The van der Waals surface area contributed by atoms with E-state index in [0.29, 0.717) is 12.4 Å². The first-order valence-corrected chi connectivity index (χ1v) is 6.07. The molecule has 1 heterocycles. The molecule has 104 valence electrons. The summed E-state index contributed by atoms with van der Waals surface area (Å²) in [6.07, 6.45) is 1.54. The van der Waals surface area contributed by atoms with Gasteiger partial charge in [-0.2, -0.15) is 0 Å². The lowest BCUT2D eigenvalue weighted by Gasteiger charge is -2.10. The maximum Gasteiger partial charge on any atom is 0.259 e. The number of nitrogens with zero attached hydrogens (tertiary/aromatic N) is 1. The quantitative estimate of drug-likeness (QED) is 0.903. The molecule has 0 spiro atoms. The number of pyridine rings is 1. The number of amides is 1. The van der Waals surface area contributed by atoms with Crippen molar-refractivity contribution in [3.8, 4) is 0 Å². The minimum absolute atomic E-state index is 0.207. The van der Waals surface area contributed by atoms with Gasteiger partial charge in [-0.25, -0.2) is 13.8 Å². The number of nitrogens with one attached hydrogen (secondary N) is 2. The molecule has 1 aromatic heterocycles. The standard InChI is InChI=1S/C14H13F2N3O/c1-2-17-13-10(4-3-7-18-13)14(20)19-12-8-9(15)5-6-11(12)16/h3-8H,2H2,1H3,(H,17,18)(H,19,20). The summed E-state index contributed by atoms with van der Waals surface area (Å²) in [4.78, 5) is 16.1. The lowest BCUT2D eigenvalue weighted by molar-refractivity contribution is 0.102. The second-order valence-corrected chi connectivity index (χ2v) is 4.01. The minimum Gasteiger partial charge on any atom is -0.370 e. The van der Waals surface area contributed by atoms with E-state index >= 15 is 0 Å². The number of halogens is 2. The summed E-state index contributed by atoms with van der Waals surface area (Å²) < 4.78 is 26.5. The molecule has 2 aromatic rings. The molecule has 4 nitrogen and oxygen atoms in total. The largest absolute Gasteiger partial charge is 0.370 e. The number of carbonyl (C=O) groups is 1. The van der Waals surface area contributed by atoms with Gasteiger partial charge in [-0.1, -0.05) is 0 Å². The first-order valence-electron chi connectivity index (χ1n) is 6.07. The lowest BCUT2D eigenvalue weighted by atomic mass is 10.2. The Hall–Kier alpha value is -2.50. The fourth-order valence-corrected chi connectivity index (χ4v) is 1.68. The van der Waals surface area contributed by atoms with Gasteiger partial charge in [0.2, 0.25) is 0 Å². The van der Waals surface area contributed by atoms with Gasteiger partial charge in [0.25, 0.3) is 5.91 Å². The van der Waals surface area contributed by atoms with E-state index in [4.69, 9.17) is 0 Å². The van der Waals surface area contributed by atoms with Gasteiger partial charge in [0.15, 0.2) is 0 Å². The highest BCUT2D eigenvalue weighted by atomic mass is 19.1. The Bertz CT molecular complexity index is 632. The summed E-state index contributed by atoms with van der Waals surface area (Å²) in [7, 11) is 0. The van der Waals surface area contributed by atoms with Gasteiger partial charge in [0.05, 0.1) is 11.3 Å². The van der Waals surface area contributed by atoms with Crippen LogP contribution in [0.3, 0.4) is 0 Å². The van der Waals surface area contributed by atoms with Crippen molar-refractivity contribution in [2.75, 3.05) is 17.2 Å². The van der Waals surface area contributed by atoms with Crippen LogP contribution in [-0.2, 0) is 0 Å². The first kappa shape index (κ1) is 13.9. The fourth-order valence-electron chi connectivity index (χ4n) is 1.68. The molecular weight excluding hydrogens is 264 g/mol. The van der Waals surface area contributed by atoms with E-state index < -0.39 is 17.5 Å². The van der Waals surface area contributed by atoms with Gasteiger partial charge < -0.3 is 10.6 Å². The topological polar surface area (TPSA) is 54.0 Å². The van der Waals surface area contributed by atoms with Crippen LogP contribution in [0.15, 0.2) is 36.5 Å². The Kier molecular flexibility index (Phi) is 4.24. The highest BCUT2D eigenvalue weighted by Gasteiger charge is 2.14. The van der Waals surface area contributed by atoms with Crippen molar-refractivity contribution in [2.24, 2.45) is 0 Å². The third-order valence-electron chi connectivity index (χ3n) is 2.57. The summed E-state index contributed by atoms with van der Waals surface area (Å²) in [5, 5.41) is 5.26. The summed E-state index contributed by atoms with van der Waals surface area (Å²) in [5.74, 6) is -1.49. The van der Waals surface area contributed by atoms with Crippen molar-refractivity contribution in [3.63, 3.8) is 0 Å². The van der Waals surface area contributed by atoms with Gasteiger partial charge in [0, 0.05) is 18.8 Å². The second-order valence-electron chi connectivity index (χ2n) is 4.01. The Labute approximate surface area is 114 Å². The Morgan fingerprint density at radius 1 is 1.30 bits per heavy atom. The predicted molar refractivity (Wildman–Crippen MR) is 72.7 cm³/mol. The smallest absolute Gasteiger partial charge is 0.259 e. The average Bonchev–Trinajstić information content (AvgIpc) is 2.44. The minimum atomic E-state index is -0.700. The number of benzene rings is 1. The molecule has 0 saturated carbocycles.